The van der Waals surface area contributed by atoms with Gasteiger partial charge in [-0.05, 0) is 62.1 Å². The lowest BCUT2D eigenvalue weighted by molar-refractivity contribution is -0.122. The molecule has 0 bridgehead atoms. The Morgan fingerprint density at radius 1 is 0.889 bits per heavy atom. The van der Waals surface area contributed by atoms with E-state index in [1.54, 1.807) is 31.2 Å². The first-order valence-electron chi connectivity index (χ1n) is 9.20. The summed E-state index contributed by atoms with van der Waals surface area (Å²) in [7, 11) is 0. The third kappa shape index (κ3) is 6.13. The predicted molar refractivity (Wildman–Crippen MR) is 109 cm³/mol. The second-order valence-electron chi connectivity index (χ2n) is 7.19. The van der Waals surface area contributed by atoms with Crippen LogP contribution in [0.3, 0.4) is 0 Å². The van der Waals surface area contributed by atoms with Gasteiger partial charge in [0.25, 0.3) is 5.91 Å². The molecule has 0 heterocycles. The van der Waals surface area contributed by atoms with Crippen molar-refractivity contribution in [3.63, 3.8) is 0 Å². The number of benzene rings is 2. The maximum Gasteiger partial charge on any atom is 0.265 e. The molecule has 5 heteroatoms. The summed E-state index contributed by atoms with van der Waals surface area (Å²) < 4.78 is 5.85. The van der Waals surface area contributed by atoms with Crippen LogP contribution >= 0.6 is 0 Å². The van der Waals surface area contributed by atoms with E-state index in [0.29, 0.717) is 23.7 Å². The van der Waals surface area contributed by atoms with Crippen LogP contribution in [-0.2, 0) is 9.59 Å². The standard InChI is InChI=1S/C22H28N2O3/c1-14(2)13-20(25)23-18-9-11-19(12-10-18)24-22(26)17(5)27-21-15(3)7-6-8-16(21)4/h6-12,14,17H,13H2,1-5H3,(H,23,25)(H,24,26). The lowest BCUT2D eigenvalue weighted by Crippen LogP contribution is -2.30. The molecule has 0 aliphatic carbocycles. The second kappa shape index (κ2) is 9.21. The van der Waals surface area contributed by atoms with E-state index in [1.165, 1.54) is 0 Å². The molecule has 2 aromatic rings. The summed E-state index contributed by atoms with van der Waals surface area (Å²) in [6, 6.07) is 12.9. The Morgan fingerprint density at radius 2 is 1.41 bits per heavy atom. The molecule has 2 amide bonds. The number of ether oxygens (including phenoxy) is 1. The van der Waals surface area contributed by atoms with E-state index in [9.17, 15) is 9.59 Å². The van der Waals surface area contributed by atoms with Crippen LogP contribution in [-0.4, -0.2) is 17.9 Å². The smallest absolute Gasteiger partial charge is 0.265 e. The molecule has 0 radical (unpaired) electrons. The Bertz CT molecular complexity index is 777. The number of anilines is 2. The van der Waals surface area contributed by atoms with E-state index in [1.807, 2.05) is 45.9 Å². The minimum atomic E-state index is -0.629. The van der Waals surface area contributed by atoms with Gasteiger partial charge in [0.1, 0.15) is 5.75 Å². The fourth-order valence-corrected chi connectivity index (χ4v) is 2.68. The van der Waals surface area contributed by atoms with Crippen molar-refractivity contribution in [2.75, 3.05) is 10.6 Å². The molecule has 0 saturated carbocycles. The van der Waals surface area contributed by atoms with Crippen LogP contribution in [0.25, 0.3) is 0 Å². The third-order valence-electron chi connectivity index (χ3n) is 4.10. The molecule has 2 N–H and O–H groups in total. The highest BCUT2D eigenvalue weighted by molar-refractivity contribution is 5.95. The van der Waals surface area contributed by atoms with E-state index in [-0.39, 0.29) is 11.8 Å². The molecule has 0 aromatic heterocycles. The fourth-order valence-electron chi connectivity index (χ4n) is 2.68. The summed E-state index contributed by atoms with van der Waals surface area (Å²) in [6.45, 7) is 9.64. The molecule has 0 saturated heterocycles. The van der Waals surface area contributed by atoms with Crippen molar-refractivity contribution in [1.29, 1.82) is 0 Å². The van der Waals surface area contributed by atoms with Crippen molar-refractivity contribution in [1.82, 2.24) is 0 Å². The molecule has 1 unspecified atom stereocenters. The molecular formula is C22H28N2O3. The summed E-state index contributed by atoms with van der Waals surface area (Å²) >= 11 is 0. The van der Waals surface area contributed by atoms with Crippen LogP contribution in [0.5, 0.6) is 5.75 Å². The van der Waals surface area contributed by atoms with Gasteiger partial charge in [-0.2, -0.15) is 0 Å². The van der Waals surface area contributed by atoms with Gasteiger partial charge in [0, 0.05) is 17.8 Å². The highest BCUT2D eigenvalue weighted by Gasteiger charge is 2.17. The van der Waals surface area contributed by atoms with Gasteiger partial charge in [0.05, 0.1) is 0 Å². The first kappa shape index (κ1) is 20.5. The zero-order chi connectivity index (χ0) is 20.0. The molecule has 27 heavy (non-hydrogen) atoms. The van der Waals surface area contributed by atoms with Crippen LogP contribution in [0.4, 0.5) is 11.4 Å². The van der Waals surface area contributed by atoms with Gasteiger partial charge < -0.3 is 15.4 Å². The Kier molecular flexibility index (Phi) is 6.99. The molecule has 0 fully saturated rings. The van der Waals surface area contributed by atoms with Crippen molar-refractivity contribution in [3.8, 4) is 5.75 Å². The number of amides is 2. The SMILES string of the molecule is Cc1cccc(C)c1OC(C)C(=O)Nc1ccc(NC(=O)CC(C)C)cc1. The first-order valence-corrected chi connectivity index (χ1v) is 9.20. The van der Waals surface area contributed by atoms with E-state index < -0.39 is 6.10 Å². The zero-order valence-electron chi connectivity index (χ0n) is 16.6. The predicted octanol–water partition coefficient (Wildman–Crippen LogP) is 4.69. The highest BCUT2D eigenvalue weighted by Crippen LogP contribution is 2.24. The molecule has 0 aliphatic rings. The highest BCUT2D eigenvalue weighted by atomic mass is 16.5. The Balaban J connectivity index is 1.94. The number of aryl methyl sites for hydroxylation is 2. The fraction of sp³-hybridized carbons (Fsp3) is 0.364. The maximum atomic E-state index is 12.4. The van der Waals surface area contributed by atoms with Crippen LogP contribution in [0, 0.1) is 19.8 Å². The topological polar surface area (TPSA) is 67.4 Å². The van der Waals surface area contributed by atoms with Gasteiger partial charge in [-0.1, -0.05) is 32.0 Å². The number of hydrogen-bond acceptors (Lipinski definition) is 3. The Hall–Kier alpha value is -2.82. The summed E-state index contributed by atoms with van der Waals surface area (Å²) in [5, 5.41) is 5.68. The first-order chi connectivity index (χ1) is 12.8. The number of hydrogen-bond donors (Lipinski definition) is 2. The quantitative estimate of drug-likeness (QED) is 0.745. The van der Waals surface area contributed by atoms with Gasteiger partial charge in [-0.3, -0.25) is 9.59 Å². The number of rotatable bonds is 7. The molecule has 2 aromatic carbocycles. The average Bonchev–Trinajstić information content (AvgIpc) is 2.59. The molecule has 5 nitrogen and oxygen atoms in total. The van der Waals surface area contributed by atoms with Crippen LogP contribution in [0.2, 0.25) is 0 Å². The number of para-hydroxylation sites is 1. The lowest BCUT2D eigenvalue weighted by atomic mass is 10.1. The lowest BCUT2D eigenvalue weighted by Gasteiger charge is -2.18. The van der Waals surface area contributed by atoms with Crippen molar-refractivity contribution < 1.29 is 14.3 Å². The molecule has 2 rings (SSSR count). The van der Waals surface area contributed by atoms with Crippen LogP contribution < -0.4 is 15.4 Å². The zero-order valence-corrected chi connectivity index (χ0v) is 16.6. The van der Waals surface area contributed by atoms with Gasteiger partial charge in [-0.25, -0.2) is 0 Å². The van der Waals surface area contributed by atoms with Crippen molar-refractivity contribution >= 4 is 23.2 Å². The number of carbonyl (C=O) groups is 2. The normalized spacial score (nSPS) is 11.8. The van der Waals surface area contributed by atoms with Crippen molar-refractivity contribution in [2.24, 2.45) is 5.92 Å². The van der Waals surface area contributed by atoms with E-state index in [2.05, 4.69) is 10.6 Å². The number of carbonyl (C=O) groups excluding carboxylic acids is 2. The summed E-state index contributed by atoms with van der Waals surface area (Å²) in [5.41, 5.74) is 3.35. The summed E-state index contributed by atoms with van der Waals surface area (Å²) in [5.74, 6) is 0.803. The van der Waals surface area contributed by atoms with Crippen molar-refractivity contribution in [3.05, 3.63) is 53.6 Å². The minimum absolute atomic E-state index is 0.0163. The molecule has 0 spiro atoms. The minimum Gasteiger partial charge on any atom is -0.480 e. The molecule has 0 aliphatic heterocycles. The van der Waals surface area contributed by atoms with E-state index in [0.717, 1.165) is 16.9 Å². The molecular weight excluding hydrogens is 340 g/mol. The molecule has 144 valence electrons. The Morgan fingerprint density at radius 3 is 1.93 bits per heavy atom. The van der Waals surface area contributed by atoms with Crippen LogP contribution in [0.1, 0.15) is 38.3 Å². The van der Waals surface area contributed by atoms with E-state index >= 15 is 0 Å². The third-order valence-corrected chi connectivity index (χ3v) is 4.10. The van der Waals surface area contributed by atoms with Crippen LogP contribution in [0.15, 0.2) is 42.5 Å². The van der Waals surface area contributed by atoms with Gasteiger partial charge >= 0.3 is 0 Å². The monoisotopic (exact) mass is 368 g/mol. The van der Waals surface area contributed by atoms with Gasteiger partial charge in [-0.15, -0.1) is 0 Å². The van der Waals surface area contributed by atoms with Gasteiger partial charge in [0.2, 0.25) is 5.91 Å². The maximum absolute atomic E-state index is 12.4. The van der Waals surface area contributed by atoms with Crippen molar-refractivity contribution in [2.45, 2.75) is 47.1 Å². The molecule has 1 atom stereocenters. The number of nitrogens with one attached hydrogen (secondary N) is 2. The average molecular weight is 368 g/mol. The summed E-state index contributed by atoms with van der Waals surface area (Å²) in [4.78, 5) is 24.2. The van der Waals surface area contributed by atoms with E-state index in [4.69, 9.17) is 4.74 Å². The second-order valence-corrected chi connectivity index (χ2v) is 7.19. The summed E-state index contributed by atoms with van der Waals surface area (Å²) in [6.07, 6.45) is -0.152. The Labute approximate surface area is 161 Å². The van der Waals surface area contributed by atoms with Gasteiger partial charge in [0.15, 0.2) is 6.10 Å². The largest absolute Gasteiger partial charge is 0.480 e.